The van der Waals surface area contributed by atoms with Crippen LogP contribution in [0.25, 0.3) is 0 Å². The van der Waals surface area contributed by atoms with Gasteiger partial charge in [-0.1, -0.05) is 18.2 Å². The number of aromatic hydroxyl groups is 1. The molecule has 4 rings (SSSR count). The molecule has 1 aliphatic carbocycles. The van der Waals surface area contributed by atoms with Crippen LogP contribution in [-0.4, -0.2) is 50.4 Å². The summed E-state index contributed by atoms with van der Waals surface area (Å²) in [6.07, 6.45) is 0.875. The summed E-state index contributed by atoms with van der Waals surface area (Å²) in [5, 5.41) is 13.6. The van der Waals surface area contributed by atoms with Gasteiger partial charge in [0.2, 0.25) is 0 Å². The first-order chi connectivity index (χ1) is 18.2. The highest BCUT2D eigenvalue weighted by molar-refractivity contribution is 6.04. The summed E-state index contributed by atoms with van der Waals surface area (Å²) < 4.78 is 21.9. The van der Waals surface area contributed by atoms with E-state index >= 15 is 0 Å². The van der Waals surface area contributed by atoms with Gasteiger partial charge >= 0.3 is 5.97 Å². The first-order valence-corrected chi connectivity index (χ1v) is 12.8. The van der Waals surface area contributed by atoms with Crippen LogP contribution in [0.4, 0.5) is 0 Å². The minimum atomic E-state index is -0.657. The van der Waals surface area contributed by atoms with Crippen LogP contribution in [-0.2, 0) is 19.1 Å². The van der Waals surface area contributed by atoms with Crippen LogP contribution in [0.5, 0.6) is 17.2 Å². The van der Waals surface area contributed by atoms with Crippen LogP contribution in [0.15, 0.2) is 65.0 Å². The number of hydrogen-bond donors (Lipinski definition) is 2. The van der Waals surface area contributed by atoms with Gasteiger partial charge in [-0.15, -0.1) is 0 Å². The van der Waals surface area contributed by atoms with Crippen LogP contribution < -0.4 is 14.8 Å². The molecule has 0 bridgehead atoms. The number of carbonyl (C=O) groups is 2. The SMILES string of the molecule is COc1ccc([C@H]2CC(=O)C3=C(C2)NC(C)=C(C(=O)OCCOC(C)C)[C@H]3c2cccc(O)c2)cc1OC. The Balaban J connectivity index is 1.69. The van der Waals surface area contributed by atoms with Crippen molar-refractivity contribution >= 4 is 11.8 Å². The molecule has 0 spiro atoms. The lowest BCUT2D eigenvalue weighted by atomic mass is 9.71. The molecule has 8 heteroatoms. The maximum atomic E-state index is 13.8. The van der Waals surface area contributed by atoms with Crippen molar-refractivity contribution in [2.45, 2.75) is 51.6 Å². The molecule has 8 nitrogen and oxygen atoms in total. The summed E-state index contributed by atoms with van der Waals surface area (Å²) in [6, 6.07) is 12.4. The van der Waals surface area contributed by atoms with Gasteiger partial charge in [0.25, 0.3) is 0 Å². The van der Waals surface area contributed by atoms with E-state index in [2.05, 4.69) is 5.32 Å². The van der Waals surface area contributed by atoms with Crippen molar-refractivity contribution < 1.29 is 33.6 Å². The zero-order chi connectivity index (χ0) is 27.4. The van der Waals surface area contributed by atoms with Crippen molar-refractivity contribution in [2.75, 3.05) is 27.4 Å². The normalized spacial score (nSPS) is 19.3. The molecule has 1 heterocycles. The minimum absolute atomic E-state index is 0.0252. The van der Waals surface area contributed by atoms with Crippen LogP contribution in [0.2, 0.25) is 0 Å². The lowest BCUT2D eigenvalue weighted by Crippen LogP contribution is -2.36. The summed E-state index contributed by atoms with van der Waals surface area (Å²) >= 11 is 0. The Hall–Kier alpha value is -3.78. The highest BCUT2D eigenvalue weighted by atomic mass is 16.6. The number of methoxy groups -OCH3 is 2. The van der Waals surface area contributed by atoms with Crippen molar-refractivity contribution in [3.63, 3.8) is 0 Å². The number of phenols is 1. The second kappa shape index (κ2) is 11.7. The van der Waals surface area contributed by atoms with Gasteiger partial charge < -0.3 is 29.4 Å². The second-order valence-electron chi connectivity index (χ2n) is 9.78. The van der Waals surface area contributed by atoms with E-state index in [1.807, 2.05) is 45.0 Å². The molecular weight excluding hydrogens is 486 g/mol. The molecule has 2 aliphatic rings. The van der Waals surface area contributed by atoms with E-state index in [4.69, 9.17) is 18.9 Å². The summed E-state index contributed by atoms with van der Waals surface area (Å²) in [6.45, 7) is 6.01. The molecule has 0 saturated carbocycles. The Kier molecular flexibility index (Phi) is 8.42. The number of phenolic OH excluding ortho intramolecular Hbond substituents is 1. The van der Waals surface area contributed by atoms with Crippen LogP contribution in [0, 0.1) is 0 Å². The summed E-state index contributed by atoms with van der Waals surface area (Å²) in [4.78, 5) is 27.1. The third-order valence-electron chi connectivity index (χ3n) is 6.90. The van der Waals surface area contributed by atoms with E-state index in [9.17, 15) is 14.7 Å². The van der Waals surface area contributed by atoms with Crippen LogP contribution in [0.1, 0.15) is 56.6 Å². The fraction of sp³-hybridized carbons (Fsp3) is 0.400. The number of esters is 1. The molecule has 2 aromatic rings. The van der Waals surface area contributed by atoms with E-state index in [0.29, 0.717) is 40.3 Å². The fourth-order valence-electron chi connectivity index (χ4n) is 5.19. The van der Waals surface area contributed by atoms with E-state index in [1.54, 1.807) is 32.4 Å². The zero-order valence-corrected chi connectivity index (χ0v) is 22.5. The van der Waals surface area contributed by atoms with E-state index in [0.717, 1.165) is 11.3 Å². The number of hydrogen-bond acceptors (Lipinski definition) is 8. The van der Waals surface area contributed by atoms with Crippen LogP contribution in [0.3, 0.4) is 0 Å². The first kappa shape index (κ1) is 27.3. The number of rotatable bonds is 9. The number of allylic oxidation sites excluding steroid dienone is 3. The number of dihydropyridines is 1. The second-order valence-corrected chi connectivity index (χ2v) is 9.78. The van der Waals surface area contributed by atoms with Gasteiger partial charge in [0.15, 0.2) is 17.3 Å². The maximum absolute atomic E-state index is 13.8. The number of ketones is 1. The van der Waals surface area contributed by atoms with Crippen molar-refractivity contribution in [1.82, 2.24) is 5.32 Å². The van der Waals surface area contributed by atoms with Crippen molar-refractivity contribution in [3.05, 3.63) is 76.1 Å². The number of Topliss-reactive ketones (excluding diaryl/α,β-unsaturated/α-hetero) is 1. The van der Waals surface area contributed by atoms with Crippen molar-refractivity contribution in [1.29, 1.82) is 0 Å². The molecule has 0 aromatic heterocycles. The molecule has 1 aliphatic heterocycles. The molecule has 0 radical (unpaired) electrons. The van der Waals surface area contributed by atoms with Gasteiger partial charge in [-0.05, 0) is 68.5 Å². The van der Waals surface area contributed by atoms with Gasteiger partial charge in [0.05, 0.1) is 32.5 Å². The quantitative estimate of drug-likeness (QED) is 0.360. The summed E-state index contributed by atoms with van der Waals surface area (Å²) in [5.41, 5.74) is 3.90. The highest BCUT2D eigenvalue weighted by Crippen LogP contribution is 2.46. The molecule has 2 aromatic carbocycles. The van der Waals surface area contributed by atoms with Crippen molar-refractivity contribution in [2.24, 2.45) is 0 Å². The zero-order valence-electron chi connectivity index (χ0n) is 22.5. The minimum Gasteiger partial charge on any atom is -0.508 e. The lowest BCUT2D eigenvalue weighted by molar-refractivity contribution is -0.141. The third kappa shape index (κ3) is 5.70. The molecular formula is C30H35NO7. The molecule has 0 unspecified atom stereocenters. The standard InChI is InChI=1S/C30H35NO7/c1-17(2)37-11-12-38-30(34)27-18(3)31-23-14-21(19-9-10-25(35-4)26(16-19)36-5)15-24(33)29(23)28(27)20-7-6-8-22(32)13-20/h6-10,13,16-17,21,28,31-32H,11-12,14-15H2,1-5H3/t21-,28-/m1/s1. The Bertz CT molecular complexity index is 1280. The van der Waals surface area contributed by atoms with Gasteiger partial charge in [0.1, 0.15) is 12.4 Å². The van der Waals surface area contributed by atoms with Gasteiger partial charge in [-0.25, -0.2) is 4.79 Å². The number of carbonyl (C=O) groups excluding carboxylic acids is 2. The van der Waals surface area contributed by atoms with Crippen molar-refractivity contribution in [3.8, 4) is 17.2 Å². The average Bonchev–Trinajstić information content (AvgIpc) is 2.89. The average molecular weight is 522 g/mol. The smallest absolute Gasteiger partial charge is 0.336 e. The number of benzene rings is 2. The third-order valence-corrected chi connectivity index (χ3v) is 6.90. The van der Waals surface area contributed by atoms with Gasteiger partial charge in [-0.2, -0.15) is 0 Å². The number of ether oxygens (including phenoxy) is 4. The highest BCUT2D eigenvalue weighted by Gasteiger charge is 2.41. The van der Waals surface area contributed by atoms with E-state index in [-0.39, 0.29) is 43.2 Å². The Morgan fingerprint density at radius 1 is 1.03 bits per heavy atom. The lowest BCUT2D eigenvalue weighted by Gasteiger charge is -2.36. The van der Waals surface area contributed by atoms with E-state index < -0.39 is 11.9 Å². The largest absolute Gasteiger partial charge is 0.508 e. The van der Waals surface area contributed by atoms with Gasteiger partial charge in [-0.3, -0.25) is 4.79 Å². The summed E-state index contributed by atoms with van der Waals surface area (Å²) in [5.74, 6) is -0.0217. The Morgan fingerprint density at radius 3 is 2.47 bits per heavy atom. The molecule has 2 N–H and O–H groups in total. The Labute approximate surface area is 223 Å². The molecule has 0 fully saturated rings. The fourth-order valence-corrected chi connectivity index (χ4v) is 5.19. The molecule has 202 valence electrons. The predicted molar refractivity (Wildman–Crippen MR) is 142 cm³/mol. The monoisotopic (exact) mass is 521 g/mol. The number of nitrogens with one attached hydrogen (secondary N) is 1. The Morgan fingerprint density at radius 2 is 1.79 bits per heavy atom. The first-order valence-electron chi connectivity index (χ1n) is 12.8. The molecule has 0 amide bonds. The maximum Gasteiger partial charge on any atom is 0.336 e. The molecule has 0 saturated heterocycles. The van der Waals surface area contributed by atoms with Gasteiger partial charge in [0, 0.05) is 29.3 Å². The van der Waals surface area contributed by atoms with Crippen LogP contribution >= 0.6 is 0 Å². The topological polar surface area (TPSA) is 103 Å². The molecule has 2 atom stereocenters. The van der Waals surface area contributed by atoms with E-state index in [1.165, 1.54) is 0 Å². The predicted octanol–water partition coefficient (Wildman–Crippen LogP) is 4.74. The summed E-state index contributed by atoms with van der Waals surface area (Å²) in [7, 11) is 3.17. The molecule has 38 heavy (non-hydrogen) atoms.